The Morgan fingerprint density at radius 3 is 2.75 bits per heavy atom. The molecule has 84 valence electrons. The maximum Gasteiger partial charge on any atom is 0.110 e. The Balaban J connectivity index is 2.05. The highest BCUT2D eigenvalue weighted by Crippen LogP contribution is 2.12. The van der Waals surface area contributed by atoms with Gasteiger partial charge in [0.25, 0.3) is 0 Å². The predicted molar refractivity (Wildman–Crippen MR) is 68.3 cm³/mol. The lowest BCUT2D eigenvalue weighted by molar-refractivity contribution is 0.793. The van der Waals surface area contributed by atoms with E-state index in [4.69, 9.17) is 0 Å². The summed E-state index contributed by atoms with van der Waals surface area (Å²) < 4.78 is 1.10. The van der Waals surface area contributed by atoms with Crippen LogP contribution >= 0.6 is 15.9 Å². The molecule has 4 heteroatoms. The summed E-state index contributed by atoms with van der Waals surface area (Å²) in [6.45, 7) is 0.827. The van der Waals surface area contributed by atoms with Crippen LogP contribution in [0, 0.1) is 0 Å². The fourth-order valence-electron chi connectivity index (χ4n) is 1.57. The Bertz CT molecular complexity index is 448. The standard InChI is InChI=1S/C12H14BrN3/c1-14-7-11-8-15-12(16-11)6-9-2-4-10(13)5-3-9/h2-5,8,14H,6-7H2,1H3,(H,15,16). The van der Waals surface area contributed by atoms with Gasteiger partial charge in [0.15, 0.2) is 0 Å². The van der Waals surface area contributed by atoms with E-state index < -0.39 is 0 Å². The fourth-order valence-corrected chi connectivity index (χ4v) is 1.84. The van der Waals surface area contributed by atoms with Crippen molar-refractivity contribution in [3.63, 3.8) is 0 Å². The van der Waals surface area contributed by atoms with Crippen molar-refractivity contribution in [1.82, 2.24) is 15.3 Å². The molecule has 0 radical (unpaired) electrons. The SMILES string of the molecule is CNCc1cnc(Cc2ccc(Br)cc2)[nH]1. The van der Waals surface area contributed by atoms with Crippen molar-refractivity contribution in [2.75, 3.05) is 7.05 Å². The van der Waals surface area contributed by atoms with Gasteiger partial charge in [-0.1, -0.05) is 28.1 Å². The van der Waals surface area contributed by atoms with Crippen LogP contribution in [0.3, 0.4) is 0 Å². The van der Waals surface area contributed by atoms with Gasteiger partial charge in [-0.25, -0.2) is 4.98 Å². The minimum absolute atomic E-state index is 0.827. The topological polar surface area (TPSA) is 40.7 Å². The second-order valence-corrected chi connectivity index (χ2v) is 4.60. The average Bonchev–Trinajstić information content (AvgIpc) is 2.70. The van der Waals surface area contributed by atoms with Crippen molar-refractivity contribution in [2.45, 2.75) is 13.0 Å². The highest BCUT2D eigenvalue weighted by molar-refractivity contribution is 9.10. The van der Waals surface area contributed by atoms with Crippen LogP contribution in [-0.4, -0.2) is 17.0 Å². The van der Waals surface area contributed by atoms with Gasteiger partial charge >= 0.3 is 0 Å². The zero-order chi connectivity index (χ0) is 11.4. The summed E-state index contributed by atoms with van der Waals surface area (Å²) in [6.07, 6.45) is 2.72. The Kier molecular flexibility index (Phi) is 3.74. The zero-order valence-electron chi connectivity index (χ0n) is 9.13. The average molecular weight is 280 g/mol. The lowest BCUT2D eigenvalue weighted by Crippen LogP contribution is -2.05. The highest BCUT2D eigenvalue weighted by Gasteiger charge is 2.01. The number of halogens is 1. The molecule has 1 aromatic carbocycles. The fraction of sp³-hybridized carbons (Fsp3) is 0.250. The van der Waals surface area contributed by atoms with E-state index >= 15 is 0 Å². The summed E-state index contributed by atoms with van der Waals surface area (Å²) in [5.41, 5.74) is 2.38. The first-order valence-corrected chi connectivity index (χ1v) is 5.99. The molecule has 0 amide bonds. The zero-order valence-corrected chi connectivity index (χ0v) is 10.7. The number of nitrogens with one attached hydrogen (secondary N) is 2. The Morgan fingerprint density at radius 1 is 1.31 bits per heavy atom. The lowest BCUT2D eigenvalue weighted by atomic mass is 10.1. The van der Waals surface area contributed by atoms with Gasteiger partial charge < -0.3 is 10.3 Å². The third-order valence-corrected chi connectivity index (χ3v) is 2.86. The van der Waals surface area contributed by atoms with E-state index in [2.05, 4.69) is 43.3 Å². The molecule has 2 aromatic rings. The third kappa shape index (κ3) is 2.93. The van der Waals surface area contributed by atoms with Gasteiger partial charge in [0.2, 0.25) is 0 Å². The summed E-state index contributed by atoms with van der Waals surface area (Å²) >= 11 is 3.42. The third-order valence-electron chi connectivity index (χ3n) is 2.33. The molecule has 3 nitrogen and oxygen atoms in total. The smallest absolute Gasteiger partial charge is 0.110 e. The number of hydrogen-bond acceptors (Lipinski definition) is 2. The Labute approximate surface area is 103 Å². The predicted octanol–water partition coefficient (Wildman–Crippen LogP) is 2.48. The van der Waals surface area contributed by atoms with Crippen molar-refractivity contribution in [2.24, 2.45) is 0 Å². The number of aromatic amines is 1. The minimum atomic E-state index is 0.827. The molecule has 1 heterocycles. The molecule has 1 aromatic heterocycles. The quantitative estimate of drug-likeness (QED) is 0.903. The summed E-state index contributed by atoms with van der Waals surface area (Å²) in [7, 11) is 1.93. The van der Waals surface area contributed by atoms with Gasteiger partial charge in [-0.05, 0) is 24.7 Å². The molecule has 2 N–H and O–H groups in total. The van der Waals surface area contributed by atoms with Crippen LogP contribution in [0.4, 0.5) is 0 Å². The van der Waals surface area contributed by atoms with Gasteiger partial charge in [-0.2, -0.15) is 0 Å². The molecule has 0 fully saturated rings. The van der Waals surface area contributed by atoms with Crippen molar-refractivity contribution in [1.29, 1.82) is 0 Å². The molecule has 0 aliphatic carbocycles. The van der Waals surface area contributed by atoms with E-state index in [0.717, 1.165) is 29.0 Å². The van der Waals surface area contributed by atoms with Crippen LogP contribution < -0.4 is 5.32 Å². The summed E-state index contributed by atoms with van der Waals surface area (Å²) in [6, 6.07) is 8.30. The molecular formula is C12H14BrN3. The maximum absolute atomic E-state index is 4.35. The molecule has 0 aliphatic heterocycles. The molecule has 0 saturated carbocycles. The summed E-state index contributed by atoms with van der Waals surface area (Å²) in [5.74, 6) is 1.01. The van der Waals surface area contributed by atoms with E-state index in [1.807, 2.05) is 25.4 Å². The number of nitrogens with zero attached hydrogens (tertiary/aromatic N) is 1. The second kappa shape index (κ2) is 5.27. The minimum Gasteiger partial charge on any atom is -0.345 e. The molecular weight excluding hydrogens is 266 g/mol. The maximum atomic E-state index is 4.35. The molecule has 0 unspecified atom stereocenters. The van der Waals surface area contributed by atoms with Gasteiger partial charge in [-0.15, -0.1) is 0 Å². The van der Waals surface area contributed by atoms with Gasteiger partial charge in [0.1, 0.15) is 5.82 Å². The van der Waals surface area contributed by atoms with Gasteiger partial charge in [0.05, 0.1) is 0 Å². The molecule has 0 aliphatic rings. The largest absolute Gasteiger partial charge is 0.345 e. The number of aromatic nitrogens is 2. The van der Waals surface area contributed by atoms with E-state index in [0.29, 0.717) is 0 Å². The number of rotatable bonds is 4. The van der Waals surface area contributed by atoms with E-state index in [1.54, 1.807) is 0 Å². The van der Waals surface area contributed by atoms with Crippen molar-refractivity contribution in [3.05, 3.63) is 52.0 Å². The molecule has 0 saturated heterocycles. The van der Waals surface area contributed by atoms with Crippen LogP contribution in [-0.2, 0) is 13.0 Å². The van der Waals surface area contributed by atoms with Gasteiger partial charge in [0, 0.05) is 29.3 Å². The van der Waals surface area contributed by atoms with Gasteiger partial charge in [-0.3, -0.25) is 0 Å². The van der Waals surface area contributed by atoms with Crippen molar-refractivity contribution in [3.8, 4) is 0 Å². The Hall–Kier alpha value is -1.13. The number of H-pyrrole nitrogens is 1. The molecule has 0 spiro atoms. The second-order valence-electron chi connectivity index (χ2n) is 3.69. The van der Waals surface area contributed by atoms with Crippen LogP contribution in [0.25, 0.3) is 0 Å². The first-order chi connectivity index (χ1) is 7.78. The lowest BCUT2D eigenvalue weighted by Gasteiger charge is -1.98. The number of hydrogen-bond donors (Lipinski definition) is 2. The first-order valence-electron chi connectivity index (χ1n) is 5.20. The first kappa shape index (κ1) is 11.4. The van der Waals surface area contributed by atoms with E-state index in [-0.39, 0.29) is 0 Å². The molecule has 0 bridgehead atoms. The van der Waals surface area contributed by atoms with E-state index in [9.17, 15) is 0 Å². The Morgan fingerprint density at radius 2 is 2.06 bits per heavy atom. The van der Waals surface area contributed by atoms with Crippen LogP contribution in [0.15, 0.2) is 34.9 Å². The summed E-state index contributed by atoms with van der Waals surface area (Å²) in [4.78, 5) is 7.64. The van der Waals surface area contributed by atoms with Crippen molar-refractivity contribution < 1.29 is 0 Å². The van der Waals surface area contributed by atoms with Crippen molar-refractivity contribution >= 4 is 15.9 Å². The van der Waals surface area contributed by atoms with Crippen LogP contribution in [0.2, 0.25) is 0 Å². The number of benzene rings is 1. The number of imidazole rings is 1. The summed E-state index contributed by atoms with van der Waals surface area (Å²) in [5, 5.41) is 3.09. The van der Waals surface area contributed by atoms with Crippen LogP contribution in [0.1, 0.15) is 17.1 Å². The molecule has 2 rings (SSSR count). The van der Waals surface area contributed by atoms with E-state index in [1.165, 1.54) is 5.56 Å². The molecule has 16 heavy (non-hydrogen) atoms. The molecule has 0 atom stereocenters. The monoisotopic (exact) mass is 279 g/mol. The normalized spacial score (nSPS) is 10.6. The highest BCUT2D eigenvalue weighted by atomic mass is 79.9. The van der Waals surface area contributed by atoms with Crippen LogP contribution in [0.5, 0.6) is 0 Å².